The molecule has 0 spiro atoms. The van der Waals surface area contributed by atoms with Crippen molar-refractivity contribution < 1.29 is 9.50 Å². The summed E-state index contributed by atoms with van der Waals surface area (Å²) in [6, 6.07) is 0. The van der Waals surface area contributed by atoms with Gasteiger partial charge in [0.1, 0.15) is 6.17 Å². The van der Waals surface area contributed by atoms with Gasteiger partial charge in [-0.05, 0) is 12.8 Å². The predicted octanol–water partition coefficient (Wildman–Crippen LogP) is 2.09. The average molecular weight is 131 g/mol. The summed E-state index contributed by atoms with van der Waals surface area (Å²) in [4.78, 5) is 0. The van der Waals surface area contributed by atoms with Gasteiger partial charge in [0, 0.05) is 6.42 Å². The molecule has 2 atom stereocenters. The molecule has 0 aromatic heterocycles. The summed E-state index contributed by atoms with van der Waals surface area (Å²) < 4.78 is 12.5. The molecule has 1 nitrogen and oxygen atoms in total. The lowest BCUT2D eigenvalue weighted by atomic mass is 10.1. The van der Waals surface area contributed by atoms with Gasteiger partial charge in [-0.1, -0.05) is 12.8 Å². The Balaban J connectivity index is 2.29. The van der Waals surface area contributed by atoms with Crippen molar-refractivity contribution in [1.82, 2.24) is 0 Å². The van der Waals surface area contributed by atoms with Gasteiger partial charge in [-0.15, -0.1) is 0 Å². The van der Waals surface area contributed by atoms with E-state index in [0.29, 0.717) is 12.8 Å². The van der Waals surface area contributed by atoms with Gasteiger partial charge < -0.3 is 0 Å². The first-order valence-electron chi connectivity index (χ1n) is 3.59. The minimum Gasteiger partial charge on any atom is -0.247 e. The number of hydrogen-bond acceptors (Lipinski definition) is 0. The Labute approximate surface area is 54.9 Å². The standard InChI is InChI=1S/C7H12FO/c8-6-3-1-2-4-7(9)5-6/h6-7H,1-5H2. The molecule has 0 N–H and O–H groups in total. The second-order valence-electron chi connectivity index (χ2n) is 2.74. The molecule has 1 saturated carbocycles. The van der Waals surface area contributed by atoms with Gasteiger partial charge in [-0.3, -0.25) is 0 Å². The van der Waals surface area contributed by atoms with Crippen LogP contribution in [0.25, 0.3) is 0 Å². The molecule has 2 heteroatoms. The minimum absolute atomic E-state index is 0.250. The Morgan fingerprint density at radius 1 is 1.22 bits per heavy atom. The van der Waals surface area contributed by atoms with Gasteiger partial charge >= 0.3 is 0 Å². The van der Waals surface area contributed by atoms with Gasteiger partial charge in [-0.25, -0.2) is 9.50 Å². The van der Waals surface area contributed by atoms with Crippen molar-refractivity contribution in [3.63, 3.8) is 0 Å². The van der Waals surface area contributed by atoms with Crippen LogP contribution in [0.4, 0.5) is 4.39 Å². The quantitative estimate of drug-likeness (QED) is 0.448. The van der Waals surface area contributed by atoms with Crippen molar-refractivity contribution in [1.29, 1.82) is 0 Å². The van der Waals surface area contributed by atoms with Crippen molar-refractivity contribution in [2.24, 2.45) is 0 Å². The summed E-state index contributed by atoms with van der Waals surface area (Å²) in [6.45, 7) is 0. The second kappa shape index (κ2) is 3.16. The van der Waals surface area contributed by atoms with Gasteiger partial charge in [0.15, 0.2) is 0 Å². The van der Waals surface area contributed by atoms with Gasteiger partial charge in [0.05, 0.1) is 6.10 Å². The Kier molecular flexibility index (Phi) is 2.46. The van der Waals surface area contributed by atoms with E-state index in [9.17, 15) is 9.50 Å². The van der Waals surface area contributed by atoms with Crippen LogP contribution in [0.2, 0.25) is 0 Å². The number of rotatable bonds is 0. The van der Waals surface area contributed by atoms with Crippen LogP contribution in [-0.4, -0.2) is 12.3 Å². The van der Waals surface area contributed by atoms with Crippen LogP contribution in [0.1, 0.15) is 32.1 Å². The fourth-order valence-electron chi connectivity index (χ4n) is 1.26. The van der Waals surface area contributed by atoms with Crippen LogP contribution >= 0.6 is 0 Å². The molecule has 1 aliphatic carbocycles. The topological polar surface area (TPSA) is 19.9 Å². The average Bonchev–Trinajstić information content (AvgIpc) is 1.93. The summed E-state index contributed by atoms with van der Waals surface area (Å²) in [5, 5.41) is 10.7. The van der Waals surface area contributed by atoms with Crippen molar-refractivity contribution >= 4 is 0 Å². The van der Waals surface area contributed by atoms with Crippen LogP contribution in [-0.2, 0) is 5.11 Å². The van der Waals surface area contributed by atoms with Gasteiger partial charge in [-0.2, -0.15) is 0 Å². The van der Waals surface area contributed by atoms with E-state index in [1.807, 2.05) is 0 Å². The number of hydrogen-bond donors (Lipinski definition) is 0. The Hall–Kier alpha value is -0.110. The number of alkyl halides is 1. The maximum absolute atomic E-state index is 12.5. The van der Waals surface area contributed by atoms with E-state index in [1.54, 1.807) is 0 Å². The molecule has 1 rings (SSSR count). The molecule has 0 aliphatic heterocycles. The van der Waals surface area contributed by atoms with Crippen molar-refractivity contribution in [2.75, 3.05) is 0 Å². The molecule has 53 valence electrons. The van der Waals surface area contributed by atoms with Crippen molar-refractivity contribution in [3.8, 4) is 0 Å². The molecule has 2 unspecified atom stereocenters. The minimum atomic E-state index is -0.810. The SMILES string of the molecule is [O]C1CCCCC(F)C1. The highest BCUT2D eigenvalue weighted by atomic mass is 19.1. The summed E-state index contributed by atoms with van der Waals surface area (Å²) in [6.07, 6.45) is 1.94. The lowest BCUT2D eigenvalue weighted by molar-refractivity contribution is 0.0582. The molecular weight excluding hydrogens is 119 g/mol. The first-order valence-corrected chi connectivity index (χ1v) is 3.59. The summed E-state index contributed by atoms with van der Waals surface area (Å²) in [5.74, 6) is 0. The molecule has 0 heterocycles. The fourth-order valence-corrected chi connectivity index (χ4v) is 1.26. The van der Waals surface area contributed by atoms with Gasteiger partial charge in [0.2, 0.25) is 0 Å². The Bertz CT molecular complexity index is 75.0. The van der Waals surface area contributed by atoms with E-state index < -0.39 is 12.3 Å². The largest absolute Gasteiger partial charge is 0.247 e. The maximum Gasteiger partial charge on any atom is 0.103 e. The molecule has 0 aromatic carbocycles. The third-order valence-corrected chi connectivity index (χ3v) is 1.81. The zero-order chi connectivity index (χ0) is 6.69. The van der Waals surface area contributed by atoms with Crippen LogP contribution in [0.5, 0.6) is 0 Å². The molecule has 9 heavy (non-hydrogen) atoms. The zero-order valence-corrected chi connectivity index (χ0v) is 5.48. The Morgan fingerprint density at radius 3 is 2.67 bits per heavy atom. The van der Waals surface area contributed by atoms with E-state index >= 15 is 0 Å². The monoisotopic (exact) mass is 131 g/mol. The summed E-state index contributed by atoms with van der Waals surface area (Å²) >= 11 is 0. The van der Waals surface area contributed by atoms with Crippen LogP contribution in [0, 0.1) is 0 Å². The highest BCUT2D eigenvalue weighted by Gasteiger charge is 2.17. The van der Waals surface area contributed by atoms with Gasteiger partial charge in [0.25, 0.3) is 0 Å². The first-order chi connectivity index (χ1) is 4.29. The van der Waals surface area contributed by atoms with E-state index in [-0.39, 0.29) is 6.42 Å². The maximum atomic E-state index is 12.5. The number of halogens is 1. The lowest BCUT2D eigenvalue weighted by Crippen LogP contribution is -2.08. The predicted molar refractivity (Wildman–Crippen MR) is 32.5 cm³/mol. The fraction of sp³-hybridized carbons (Fsp3) is 1.00. The first kappa shape index (κ1) is 7.00. The normalized spacial score (nSPS) is 38.0. The highest BCUT2D eigenvalue weighted by Crippen LogP contribution is 2.20. The highest BCUT2D eigenvalue weighted by molar-refractivity contribution is 4.68. The molecule has 1 aliphatic rings. The van der Waals surface area contributed by atoms with Crippen LogP contribution < -0.4 is 0 Å². The molecule has 1 fully saturated rings. The van der Waals surface area contributed by atoms with Crippen molar-refractivity contribution in [3.05, 3.63) is 0 Å². The molecule has 0 saturated heterocycles. The van der Waals surface area contributed by atoms with E-state index in [2.05, 4.69) is 0 Å². The van der Waals surface area contributed by atoms with Crippen LogP contribution in [0.3, 0.4) is 0 Å². The molecule has 0 amide bonds. The third-order valence-electron chi connectivity index (χ3n) is 1.81. The molecule has 1 radical (unpaired) electrons. The second-order valence-corrected chi connectivity index (χ2v) is 2.74. The van der Waals surface area contributed by atoms with Crippen molar-refractivity contribution in [2.45, 2.75) is 44.4 Å². The molecule has 0 aromatic rings. The molecule has 0 bridgehead atoms. The summed E-state index contributed by atoms with van der Waals surface area (Å²) in [7, 11) is 0. The Morgan fingerprint density at radius 2 is 1.89 bits per heavy atom. The van der Waals surface area contributed by atoms with E-state index in [1.165, 1.54) is 0 Å². The van der Waals surface area contributed by atoms with Crippen LogP contribution in [0.15, 0.2) is 0 Å². The summed E-state index contributed by atoms with van der Waals surface area (Å²) in [5.41, 5.74) is 0. The third kappa shape index (κ3) is 2.31. The zero-order valence-electron chi connectivity index (χ0n) is 5.48. The van der Waals surface area contributed by atoms with E-state index in [4.69, 9.17) is 0 Å². The lowest BCUT2D eigenvalue weighted by Gasteiger charge is -2.03. The smallest absolute Gasteiger partial charge is 0.103 e. The molecular formula is C7H12FO. The van der Waals surface area contributed by atoms with E-state index in [0.717, 1.165) is 12.8 Å².